The van der Waals surface area contributed by atoms with Gasteiger partial charge < -0.3 is 0 Å². The molecule has 1 amide bonds. The lowest BCUT2D eigenvalue weighted by molar-refractivity contribution is -0.113. The lowest BCUT2D eigenvalue weighted by Crippen LogP contribution is -2.14. The number of nitrogens with one attached hydrogen (secondary N) is 1. The minimum absolute atomic E-state index is 0.126. The van der Waals surface area contributed by atoms with Crippen molar-refractivity contribution in [2.24, 2.45) is 0 Å². The fraction of sp³-hybridized carbons (Fsp3) is 0.167. The fourth-order valence-electron chi connectivity index (χ4n) is 2.11. The Labute approximate surface area is 180 Å². The van der Waals surface area contributed by atoms with E-state index in [1.807, 2.05) is 18.2 Å². The summed E-state index contributed by atoms with van der Waals surface area (Å²) in [5.74, 6) is 1.55. The fourth-order valence-corrected chi connectivity index (χ4v) is 5.40. The molecule has 0 aliphatic rings. The SMILES string of the molecule is O=C(CSCc1c(Cl)cccc1Cl)Nc1nnc(SCc2ccccc2)s1. The van der Waals surface area contributed by atoms with E-state index in [4.69, 9.17) is 23.2 Å². The van der Waals surface area contributed by atoms with E-state index in [0.717, 1.165) is 15.7 Å². The highest BCUT2D eigenvalue weighted by molar-refractivity contribution is 8.00. The first-order valence-electron chi connectivity index (χ1n) is 7.92. The highest BCUT2D eigenvalue weighted by atomic mass is 35.5. The molecule has 1 aromatic heterocycles. The molecule has 0 atom stereocenters. The first kappa shape index (κ1) is 20.5. The van der Waals surface area contributed by atoms with E-state index < -0.39 is 0 Å². The van der Waals surface area contributed by atoms with Gasteiger partial charge in [0.05, 0.1) is 5.75 Å². The van der Waals surface area contributed by atoms with Crippen molar-refractivity contribution in [3.05, 3.63) is 69.7 Å². The van der Waals surface area contributed by atoms with Crippen LogP contribution in [0.5, 0.6) is 0 Å². The van der Waals surface area contributed by atoms with Gasteiger partial charge in [0.15, 0.2) is 4.34 Å². The van der Waals surface area contributed by atoms with Crippen molar-refractivity contribution in [1.82, 2.24) is 10.2 Å². The Balaban J connectivity index is 1.44. The van der Waals surface area contributed by atoms with Crippen LogP contribution >= 0.6 is 58.1 Å². The van der Waals surface area contributed by atoms with Gasteiger partial charge in [-0.2, -0.15) is 0 Å². The maximum atomic E-state index is 12.1. The van der Waals surface area contributed by atoms with E-state index in [2.05, 4.69) is 27.6 Å². The molecular weight excluding hydrogens is 441 g/mol. The van der Waals surface area contributed by atoms with Gasteiger partial charge in [-0.05, 0) is 23.3 Å². The molecule has 3 rings (SSSR count). The maximum absolute atomic E-state index is 12.1. The van der Waals surface area contributed by atoms with Crippen molar-refractivity contribution in [3.8, 4) is 0 Å². The number of amides is 1. The second-order valence-electron chi connectivity index (χ2n) is 5.39. The summed E-state index contributed by atoms with van der Waals surface area (Å²) in [5, 5.41) is 12.6. The molecular formula is C18H15Cl2N3OS3. The van der Waals surface area contributed by atoms with Crippen LogP contribution < -0.4 is 5.32 Å². The second kappa shape index (κ2) is 10.3. The van der Waals surface area contributed by atoms with Crippen molar-refractivity contribution in [2.75, 3.05) is 11.1 Å². The van der Waals surface area contributed by atoms with E-state index >= 15 is 0 Å². The number of carbonyl (C=O) groups excluding carboxylic acids is 1. The topological polar surface area (TPSA) is 54.9 Å². The molecule has 0 spiro atoms. The molecule has 0 saturated heterocycles. The zero-order chi connectivity index (χ0) is 19.1. The molecule has 0 radical (unpaired) electrons. The quantitative estimate of drug-likeness (QED) is 0.332. The van der Waals surface area contributed by atoms with Crippen LogP contribution in [0.1, 0.15) is 11.1 Å². The Hall–Kier alpha value is -1.25. The third-order valence-corrected chi connectivity index (χ3v) is 7.11. The van der Waals surface area contributed by atoms with Crippen LogP contribution in [0.25, 0.3) is 0 Å². The number of hydrogen-bond donors (Lipinski definition) is 1. The van der Waals surface area contributed by atoms with Gasteiger partial charge >= 0.3 is 0 Å². The summed E-state index contributed by atoms with van der Waals surface area (Å²) in [4.78, 5) is 12.1. The molecule has 4 nitrogen and oxygen atoms in total. The minimum Gasteiger partial charge on any atom is -0.300 e. The van der Waals surface area contributed by atoms with E-state index in [9.17, 15) is 4.79 Å². The molecule has 9 heteroatoms. The normalized spacial score (nSPS) is 10.7. The standard InChI is InChI=1S/C18H15Cl2N3OS3/c19-14-7-4-8-15(20)13(14)10-25-11-16(24)21-17-22-23-18(27-17)26-9-12-5-2-1-3-6-12/h1-8H,9-11H2,(H,21,22,24). The first-order valence-corrected chi connectivity index (χ1v) is 11.6. The molecule has 3 aromatic rings. The molecule has 0 aliphatic heterocycles. The summed E-state index contributed by atoms with van der Waals surface area (Å²) in [5.41, 5.74) is 2.06. The number of halogens is 2. The van der Waals surface area contributed by atoms with Gasteiger partial charge in [-0.1, -0.05) is 82.7 Å². The molecule has 2 aromatic carbocycles. The largest absolute Gasteiger partial charge is 0.300 e. The van der Waals surface area contributed by atoms with Crippen LogP contribution in [-0.4, -0.2) is 21.9 Å². The van der Waals surface area contributed by atoms with Gasteiger partial charge in [0, 0.05) is 21.6 Å². The van der Waals surface area contributed by atoms with Crippen LogP contribution in [0, 0.1) is 0 Å². The predicted molar refractivity (Wildman–Crippen MR) is 117 cm³/mol. The summed E-state index contributed by atoms with van der Waals surface area (Å²) < 4.78 is 0.824. The molecule has 27 heavy (non-hydrogen) atoms. The molecule has 0 fully saturated rings. The van der Waals surface area contributed by atoms with Crippen LogP contribution in [0.15, 0.2) is 52.9 Å². The summed E-state index contributed by atoms with van der Waals surface area (Å²) >= 11 is 16.7. The van der Waals surface area contributed by atoms with Gasteiger partial charge in [-0.15, -0.1) is 22.0 Å². The monoisotopic (exact) mass is 455 g/mol. The summed E-state index contributed by atoms with van der Waals surface area (Å²) in [7, 11) is 0. The van der Waals surface area contributed by atoms with E-state index in [1.165, 1.54) is 28.7 Å². The van der Waals surface area contributed by atoms with Crippen LogP contribution in [0.2, 0.25) is 10.0 Å². The van der Waals surface area contributed by atoms with Gasteiger partial charge in [0.1, 0.15) is 0 Å². The zero-order valence-electron chi connectivity index (χ0n) is 14.0. The summed E-state index contributed by atoms with van der Waals surface area (Å²) in [6, 6.07) is 15.5. The van der Waals surface area contributed by atoms with Crippen LogP contribution in [0.3, 0.4) is 0 Å². The highest BCUT2D eigenvalue weighted by Gasteiger charge is 2.11. The number of hydrogen-bond acceptors (Lipinski definition) is 6. The smallest absolute Gasteiger partial charge is 0.236 e. The van der Waals surface area contributed by atoms with Gasteiger partial charge in [0.25, 0.3) is 0 Å². The Morgan fingerprint density at radius 1 is 1.00 bits per heavy atom. The van der Waals surface area contributed by atoms with Gasteiger partial charge in [-0.3, -0.25) is 10.1 Å². The van der Waals surface area contributed by atoms with Crippen LogP contribution in [0.4, 0.5) is 5.13 Å². The van der Waals surface area contributed by atoms with Crippen molar-refractivity contribution >= 4 is 69.1 Å². The van der Waals surface area contributed by atoms with Crippen LogP contribution in [-0.2, 0) is 16.3 Å². The average molecular weight is 456 g/mol. The van der Waals surface area contributed by atoms with E-state index in [-0.39, 0.29) is 11.7 Å². The van der Waals surface area contributed by atoms with Gasteiger partial charge in [0.2, 0.25) is 11.0 Å². The van der Waals surface area contributed by atoms with E-state index in [0.29, 0.717) is 20.9 Å². The number of aromatic nitrogens is 2. The minimum atomic E-state index is -0.126. The zero-order valence-corrected chi connectivity index (χ0v) is 18.0. The van der Waals surface area contributed by atoms with Crippen molar-refractivity contribution in [2.45, 2.75) is 15.8 Å². The third kappa shape index (κ3) is 6.40. The molecule has 1 N–H and O–H groups in total. The average Bonchev–Trinajstić information content (AvgIpc) is 3.10. The Kier molecular flexibility index (Phi) is 7.84. The number of thioether (sulfide) groups is 2. The molecule has 0 bridgehead atoms. The summed E-state index contributed by atoms with van der Waals surface area (Å²) in [6.07, 6.45) is 0. The number of benzene rings is 2. The van der Waals surface area contributed by atoms with Crippen molar-refractivity contribution < 1.29 is 4.79 Å². The summed E-state index contributed by atoms with van der Waals surface area (Å²) in [6.45, 7) is 0. The Morgan fingerprint density at radius 3 is 2.48 bits per heavy atom. The Morgan fingerprint density at radius 2 is 1.74 bits per heavy atom. The third-order valence-electron chi connectivity index (χ3n) is 3.40. The number of nitrogens with zero attached hydrogens (tertiary/aromatic N) is 2. The second-order valence-corrected chi connectivity index (χ2v) is 9.39. The molecule has 140 valence electrons. The molecule has 0 saturated carbocycles. The molecule has 1 heterocycles. The van der Waals surface area contributed by atoms with Crippen molar-refractivity contribution in [3.63, 3.8) is 0 Å². The molecule has 0 unspecified atom stereocenters. The number of carbonyl (C=O) groups is 1. The first-order chi connectivity index (χ1) is 13.1. The predicted octanol–water partition coefficient (Wildman–Crippen LogP) is 6.01. The van der Waals surface area contributed by atoms with Gasteiger partial charge in [-0.25, -0.2) is 0 Å². The van der Waals surface area contributed by atoms with E-state index in [1.54, 1.807) is 30.0 Å². The highest BCUT2D eigenvalue weighted by Crippen LogP contribution is 2.29. The lowest BCUT2D eigenvalue weighted by Gasteiger charge is -2.06. The molecule has 0 aliphatic carbocycles. The number of anilines is 1. The maximum Gasteiger partial charge on any atom is 0.236 e. The lowest BCUT2D eigenvalue weighted by atomic mass is 10.2. The Bertz CT molecular complexity index is 886. The number of rotatable bonds is 8. The van der Waals surface area contributed by atoms with Crippen molar-refractivity contribution in [1.29, 1.82) is 0 Å².